The van der Waals surface area contributed by atoms with Crippen LogP contribution >= 0.6 is 0 Å². The monoisotopic (exact) mass is 356 g/mol. The molecule has 0 bridgehead atoms. The molecule has 0 aliphatic heterocycles. The fourth-order valence-corrected chi connectivity index (χ4v) is 2.40. The van der Waals surface area contributed by atoms with Gasteiger partial charge in [-0.15, -0.1) is 0 Å². The number of hydrogen-bond acceptors (Lipinski definition) is 5. The van der Waals surface area contributed by atoms with E-state index in [-0.39, 0.29) is 18.2 Å². The maximum absolute atomic E-state index is 11.6. The standard InChI is InChI=1S/C18H35N3O4/c19-13-7-1-4-10-16(22)20-14-8-2-5-11-17(23)21-15-9-3-6-12-18(24)25/h1-15,19H2,(H,20,22)(H,21,23)(H,24,25)/p-1. The number of carboxylic acid groups (broad SMARTS) is 1. The van der Waals surface area contributed by atoms with Crippen LogP contribution in [0.2, 0.25) is 0 Å². The summed E-state index contributed by atoms with van der Waals surface area (Å²) in [6.45, 7) is 1.93. The predicted molar refractivity (Wildman–Crippen MR) is 95.5 cm³/mol. The molecule has 0 saturated carbocycles. The number of unbranched alkanes of at least 4 members (excludes halogenated alkanes) is 6. The van der Waals surface area contributed by atoms with Gasteiger partial charge in [-0.1, -0.05) is 19.3 Å². The van der Waals surface area contributed by atoms with Crippen molar-refractivity contribution < 1.29 is 19.5 Å². The van der Waals surface area contributed by atoms with Crippen molar-refractivity contribution in [2.24, 2.45) is 5.73 Å². The van der Waals surface area contributed by atoms with E-state index in [0.29, 0.717) is 38.9 Å². The lowest BCUT2D eigenvalue weighted by molar-refractivity contribution is -0.305. The van der Waals surface area contributed by atoms with Gasteiger partial charge in [0.1, 0.15) is 0 Å². The highest BCUT2D eigenvalue weighted by Crippen LogP contribution is 2.02. The first-order valence-electron chi connectivity index (χ1n) is 9.49. The topological polar surface area (TPSA) is 124 Å². The van der Waals surface area contributed by atoms with Gasteiger partial charge in [-0.25, -0.2) is 0 Å². The minimum absolute atomic E-state index is 0.0313. The summed E-state index contributed by atoms with van der Waals surface area (Å²) in [7, 11) is 0. The van der Waals surface area contributed by atoms with E-state index < -0.39 is 5.97 Å². The third-order valence-electron chi connectivity index (χ3n) is 3.89. The molecule has 4 N–H and O–H groups in total. The van der Waals surface area contributed by atoms with Crippen LogP contribution in [0.4, 0.5) is 0 Å². The Morgan fingerprint density at radius 1 is 0.640 bits per heavy atom. The van der Waals surface area contributed by atoms with Crippen LogP contribution < -0.4 is 21.5 Å². The highest BCUT2D eigenvalue weighted by atomic mass is 16.4. The van der Waals surface area contributed by atoms with Crippen LogP contribution in [0.5, 0.6) is 0 Å². The van der Waals surface area contributed by atoms with Gasteiger partial charge in [-0.2, -0.15) is 0 Å². The van der Waals surface area contributed by atoms with Crippen LogP contribution in [-0.2, 0) is 14.4 Å². The summed E-state index contributed by atoms with van der Waals surface area (Å²) in [4.78, 5) is 33.4. The molecule has 0 saturated heterocycles. The third-order valence-corrected chi connectivity index (χ3v) is 3.89. The zero-order valence-electron chi connectivity index (χ0n) is 15.3. The van der Waals surface area contributed by atoms with E-state index in [1.54, 1.807) is 0 Å². The minimum atomic E-state index is -1.02. The second-order valence-corrected chi connectivity index (χ2v) is 6.29. The molecule has 0 atom stereocenters. The first-order chi connectivity index (χ1) is 12.1. The number of nitrogens with one attached hydrogen (secondary N) is 2. The number of rotatable bonds is 17. The largest absolute Gasteiger partial charge is 0.550 e. The number of carbonyl (C=O) groups excluding carboxylic acids is 3. The molecule has 0 rings (SSSR count). The number of aliphatic carboxylic acids is 1. The molecule has 0 spiro atoms. The molecular weight excluding hydrogens is 322 g/mol. The first kappa shape index (κ1) is 23.4. The van der Waals surface area contributed by atoms with E-state index in [0.717, 1.165) is 51.4 Å². The van der Waals surface area contributed by atoms with Gasteiger partial charge < -0.3 is 26.3 Å². The highest BCUT2D eigenvalue weighted by Gasteiger charge is 2.02. The average Bonchev–Trinajstić information content (AvgIpc) is 2.57. The van der Waals surface area contributed by atoms with Crippen molar-refractivity contribution in [2.45, 2.75) is 77.0 Å². The maximum atomic E-state index is 11.6. The number of carbonyl (C=O) groups is 3. The minimum Gasteiger partial charge on any atom is -0.550 e. The second kappa shape index (κ2) is 17.2. The van der Waals surface area contributed by atoms with Gasteiger partial charge in [0.25, 0.3) is 0 Å². The van der Waals surface area contributed by atoms with Gasteiger partial charge in [-0.3, -0.25) is 9.59 Å². The Kier molecular flexibility index (Phi) is 16.1. The second-order valence-electron chi connectivity index (χ2n) is 6.29. The highest BCUT2D eigenvalue weighted by molar-refractivity contribution is 5.76. The van der Waals surface area contributed by atoms with E-state index in [1.165, 1.54) is 0 Å². The summed E-state index contributed by atoms with van der Waals surface area (Å²) in [5.41, 5.74) is 5.40. The van der Waals surface area contributed by atoms with Gasteiger partial charge >= 0.3 is 0 Å². The van der Waals surface area contributed by atoms with Gasteiger partial charge in [0.05, 0.1) is 0 Å². The van der Waals surface area contributed by atoms with Crippen LogP contribution in [0.1, 0.15) is 77.0 Å². The molecule has 25 heavy (non-hydrogen) atoms. The zero-order chi connectivity index (χ0) is 18.8. The molecular formula is C18H34N3O4-. The van der Waals surface area contributed by atoms with E-state index in [1.807, 2.05) is 0 Å². The van der Waals surface area contributed by atoms with Crippen molar-refractivity contribution in [1.82, 2.24) is 10.6 Å². The van der Waals surface area contributed by atoms with Crippen molar-refractivity contribution in [3.63, 3.8) is 0 Å². The van der Waals surface area contributed by atoms with Crippen LogP contribution in [0.3, 0.4) is 0 Å². The van der Waals surface area contributed by atoms with Crippen molar-refractivity contribution in [3.8, 4) is 0 Å². The van der Waals surface area contributed by atoms with Crippen LogP contribution in [-0.4, -0.2) is 37.4 Å². The fourth-order valence-electron chi connectivity index (χ4n) is 2.40. The Morgan fingerprint density at radius 3 is 1.52 bits per heavy atom. The lowest BCUT2D eigenvalue weighted by Gasteiger charge is -2.07. The number of hydrogen-bond donors (Lipinski definition) is 3. The fraction of sp³-hybridized carbons (Fsp3) is 0.833. The van der Waals surface area contributed by atoms with Gasteiger partial charge in [0.2, 0.25) is 11.8 Å². The molecule has 0 aromatic heterocycles. The summed E-state index contributed by atoms with van der Waals surface area (Å²) in [5, 5.41) is 16.0. The van der Waals surface area contributed by atoms with E-state index in [9.17, 15) is 19.5 Å². The summed E-state index contributed by atoms with van der Waals surface area (Å²) in [5.74, 6) is -0.899. The van der Waals surface area contributed by atoms with Gasteiger partial charge in [-0.05, 0) is 51.5 Å². The lowest BCUT2D eigenvalue weighted by Crippen LogP contribution is -2.25. The molecule has 7 nitrogen and oxygen atoms in total. The van der Waals surface area contributed by atoms with Crippen LogP contribution in [0, 0.1) is 0 Å². The average molecular weight is 356 g/mol. The van der Waals surface area contributed by atoms with Gasteiger partial charge in [0.15, 0.2) is 0 Å². The van der Waals surface area contributed by atoms with E-state index in [2.05, 4.69) is 10.6 Å². The summed E-state index contributed by atoms with van der Waals surface area (Å²) in [6, 6.07) is 0. The summed E-state index contributed by atoms with van der Waals surface area (Å²) >= 11 is 0. The molecule has 0 fully saturated rings. The van der Waals surface area contributed by atoms with E-state index >= 15 is 0 Å². The number of amides is 2. The Hall–Kier alpha value is -1.63. The zero-order valence-corrected chi connectivity index (χ0v) is 15.3. The molecule has 0 aromatic carbocycles. The quantitative estimate of drug-likeness (QED) is 0.329. The molecule has 0 aliphatic rings. The molecule has 0 unspecified atom stereocenters. The maximum Gasteiger partial charge on any atom is 0.219 e. The van der Waals surface area contributed by atoms with Crippen LogP contribution in [0.15, 0.2) is 0 Å². The molecule has 7 heteroatoms. The normalized spacial score (nSPS) is 10.4. The van der Waals surface area contributed by atoms with Crippen molar-refractivity contribution >= 4 is 17.8 Å². The third kappa shape index (κ3) is 18.5. The smallest absolute Gasteiger partial charge is 0.219 e. The van der Waals surface area contributed by atoms with E-state index in [4.69, 9.17) is 5.73 Å². The Bertz CT molecular complexity index is 375. The number of carboxylic acids is 1. The first-order valence-corrected chi connectivity index (χ1v) is 9.49. The van der Waals surface area contributed by atoms with Crippen LogP contribution in [0.25, 0.3) is 0 Å². The van der Waals surface area contributed by atoms with Crippen molar-refractivity contribution in [3.05, 3.63) is 0 Å². The Labute approximate surface area is 151 Å². The SMILES string of the molecule is NCCCCCC(=O)NCCCCCC(=O)NCCCCCC(=O)[O-]. The lowest BCUT2D eigenvalue weighted by atomic mass is 10.1. The molecule has 146 valence electrons. The summed E-state index contributed by atoms with van der Waals surface area (Å²) < 4.78 is 0. The molecule has 0 aromatic rings. The van der Waals surface area contributed by atoms with Crippen molar-refractivity contribution in [2.75, 3.05) is 19.6 Å². The predicted octanol–water partition coefficient (Wildman–Crippen LogP) is 0.609. The Balaban J connectivity index is 3.31. The molecule has 0 aliphatic carbocycles. The molecule has 2 amide bonds. The summed E-state index contributed by atoms with van der Waals surface area (Å²) in [6.07, 6.45) is 8.74. The molecule has 0 radical (unpaired) electrons. The Morgan fingerprint density at radius 2 is 1.08 bits per heavy atom. The van der Waals surface area contributed by atoms with Crippen molar-refractivity contribution in [1.29, 1.82) is 0 Å². The number of nitrogens with two attached hydrogens (primary N) is 1. The van der Waals surface area contributed by atoms with Gasteiger partial charge in [0, 0.05) is 31.9 Å². The molecule has 0 heterocycles.